The number of aromatic nitrogens is 2. The third-order valence-corrected chi connectivity index (χ3v) is 7.67. The summed E-state index contributed by atoms with van der Waals surface area (Å²) >= 11 is 0.822. The van der Waals surface area contributed by atoms with Gasteiger partial charge in [-0.15, -0.1) is 20.4 Å². The summed E-state index contributed by atoms with van der Waals surface area (Å²) in [6.07, 6.45) is -2.53. The highest BCUT2D eigenvalue weighted by molar-refractivity contribution is 7.92. The maximum atomic E-state index is 12.9. The molecule has 0 saturated heterocycles. The fourth-order valence-corrected chi connectivity index (χ4v) is 5.70. The maximum absolute atomic E-state index is 12.9. The van der Waals surface area contributed by atoms with E-state index in [0.717, 1.165) is 35.4 Å². The minimum Gasteiger partial charge on any atom is -0.460 e. The van der Waals surface area contributed by atoms with E-state index in [0.29, 0.717) is 6.42 Å². The zero-order chi connectivity index (χ0) is 28.3. The van der Waals surface area contributed by atoms with Gasteiger partial charge in [0.05, 0.1) is 12.3 Å². The van der Waals surface area contributed by atoms with Crippen molar-refractivity contribution in [1.82, 2.24) is 10.2 Å². The second kappa shape index (κ2) is 11.9. The van der Waals surface area contributed by atoms with E-state index in [1.807, 2.05) is 32.4 Å². The lowest BCUT2D eigenvalue weighted by Crippen LogP contribution is -2.43. The van der Waals surface area contributed by atoms with E-state index in [9.17, 15) is 26.4 Å². The zero-order valence-corrected chi connectivity index (χ0v) is 23.4. The molecule has 0 fully saturated rings. The van der Waals surface area contributed by atoms with Crippen LogP contribution in [0.15, 0.2) is 22.4 Å². The van der Waals surface area contributed by atoms with Crippen LogP contribution in [-0.4, -0.2) is 55.2 Å². The number of nitrogens with zero attached hydrogens (tertiary/aromatic N) is 5. The van der Waals surface area contributed by atoms with Crippen LogP contribution in [0.25, 0.3) is 0 Å². The third-order valence-electron chi connectivity index (χ3n) is 5.64. The third kappa shape index (κ3) is 7.85. The van der Waals surface area contributed by atoms with Crippen molar-refractivity contribution in [1.29, 1.82) is 0 Å². The molecule has 0 radical (unpaired) electrons. The van der Waals surface area contributed by atoms with E-state index in [1.165, 1.54) is 6.07 Å². The predicted octanol–water partition coefficient (Wildman–Crippen LogP) is 6.01. The molecule has 0 saturated carbocycles. The zero-order valence-electron chi connectivity index (χ0n) is 21.7. The molecule has 38 heavy (non-hydrogen) atoms. The Hall–Kier alpha value is -2.81. The summed E-state index contributed by atoms with van der Waals surface area (Å²) in [6.45, 7) is 10.0. The fourth-order valence-electron chi connectivity index (χ4n) is 4.14. The van der Waals surface area contributed by atoms with Gasteiger partial charge in [0.15, 0.2) is 5.75 Å². The second-order valence-corrected chi connectivity index (χ2v) is 12.3. The average Bonchev–Trinajstić information content (AvgIpc) is 3.27. The van der Waals surface area contributed by atoms with Crippen LogP contribution in [-0.2, 0) is 21.2 Å². The van der Waals surface area contributed by atoms with Gasteiger partial charge in [0, 0.05) is 17.8 Å². The Kier molecular flexibility index (Phi) is 9.34. The molecule has 0 bridgehead atoms. The highest BCUT2D eigenvalue weighted by Gasteiger charge is 2.36. The van der Waals surface area contributed by atoms with Crippen molar-refractivity contribution in [2.24, 2.45) is 16.1 Å². The van der Waals surface area contributed by atoms with Gasteiger partial charge >= 0.3 is 12.1 Å². The highest BCUT2D eigenvalue weighted by atomic mass is 32.2. The van der Waals surface area contributed by atoms with E-state index >= 15 is 0 Å². The molecular weight excluding hydrogens is 545 g/mol. The molecule has 10 nitrogen and oxygen atoms in total. The molecule has 1 aromatic heterocycles. The Labute approximate surface area is 223 Å². The van der Waals surface area contributed by atoms with Crippen molar-refractivity contribution < 1.29 is 31.1 Å². The number of benzene rings is 1. The minimum atomic E-state index is -4.92. The first kappa shape index (κ1) is 29.7. The Morgan fingerprint density at radius 2 is 1.95 bits per heavy atom. The number of nitrogens with one attached hydrogen (secondary N) is 1. The van der Waals surface area contributed by atoms with E-state index in [2.05, 4.69) is 32.2 Å². The first-order valence-corrected chi connectivity index (χ1v) is 14.6. The van der Waals surface area contributed by atoms with Crippen molar-refractivity contribution in [2.45, 2.75) is 72.1 Å². The van der Waals surface area contributed by atoms with Gasteiger partial charge in [-0.25, -0.2) is 13.2 Å². The summed E-state index contributed by atoms with van der Waals surface area (Å²) in [4.78, 5) is 14.2. The number of hydrogen-bond donors (Lipinski definition) is 1. The lowest BCUT2D eigenvalue weighted by Gasteiger charge is -2.42. The van der Waals surface area contributed by atoms with Crippen molar-refractivity contribution in [2.75, 3.05) is 22.0 Å². The summed E-state index contributed by atoms with van der Waals surface area (Å²) in [5.74, 6) is -2.57. The number of alkyl halides is 3. The Balaban J connectivity index is 1.99. The molecule has 0 spiro atoms. The minimum absolute atomic E-state index is 0.00169. The van der Waals surface area contributed by atoms with Crippen LogP contribution < -0.4 is 9.62 Å². The van der Waals surface area contributed by atoms with Crippen LogP contribution >= 0.6 is 11.3 Å². The van der Waals surface area contributed by atoms with Gasteiger partial charge in [0.1, 0.15) is 5.69 Å². The molecular formula is C23H31F3N6O4S2. The highest BCUT2D eigenvalue weighted by Crippen LogP contribution is 2.41. The number of ether oxygens (including phenoxy) is 1. The molecule has 2 heterocycles. The van der Waals surface area contributed by atoms with Crippen LogP contribution in [0.2, 0.25) is 0 Å². The number of esters is 1. The van der Waals surface area contributed by atoms with Crippen LogP contribution in [0.4, 0.5) is 35.4 Å². The molecule has 1 aromatic carbocycles. The number of anilines is 2. The second-order valence-electron chi connectivity index (χ2n) is 9.66. The topological polar surface area (TPSA) is 126 Å². The van der Waals surface area contributed by atoms with E-state index < -0.39 is 27.9 Å². The monoisotopic (exact) mass is 576 g/mol. The van der Waals surface area contributed by atoms with Crippen LogP contribution in [0.3, 0.4) is 0 Å². The van der Waals surface area contributed by atoms with E-state index in [-0.39, 0.29) is 46.1 Å². The Bertz CT molecular complexity index is 1280. The molecule has 2 aromatic rings. The lowest BCUT2D eigenvalue weighted by molar-refractivity contribution is -0.106. The fraction of sp³-hybridized carbons (Fsp3) is 0.609. The van der Waals surface area contributed by atoms with E-state index in [1.54, 1.807) is 6.07 Å². The number of hydrogen-bond acceptors (Lipinski definition) is 10. The number of azo groups is 1. The number of sulfonamides is 1. The molecule has 3 rings (SSSR count). The van der Waals surface area contributed by atoms with Gasteiger partial charge in [-0.05, 0) is 56.7 Å². The Morgan fingerprint density at radius 3 is 2.55 bits per heavy atom. The van der Waals surface area contributed by atoms with Gasteiger partial charge in [-0.1, -0.05) is 32.1 Å². The van der Waals surface area contributed by atoms with Crippen LogP contribution in [0.1, 0.15) is 62.8 Å². The van der Waals surface area contributed by atoms with Crippen molar-refractivity contribution >= 4 is 49.5 Å². The number of carbonyl (C=O) groups excluding carboxylic acids is 1. The standard InChI is InChI=1S/C23H31F3N6O4S2/c1-6-16-8-7-15-9-17(27-29-22-30-28-20(37-22)21(33)36-11-13(2)3)18(10-19(15)32(16)14(4)5)31-38(34,35)12-23(24,25)26/h9-10,13-14,16,31H,6-8,11-12H2,1-5H3. The summed E-state index contributed by atoms with van der Waals surface area (Å²) in [7, 11) is -4.78. The summed E-state index contributed by atoms with van der Waals surface area (Å²) in [5, 5.41) is 15.5. The van der Waals surface area contributed by atoms with Gasteiger partial charge in [-0.2, -0.15) is 13.2 Å². The SMILES string of the molecule is CCC1CCc2cc(N=Nc3nnc(C(=O)OCC(C)C)s3)c(NS(=O)(=O)CC(F)(F)F)cc2N1C(C)C. The maximum Gasteiger partial charge on any atom is 0.404 e. The van der Waals surface area contributed by atoms with Gasteiger partial charge in [-0.3, -0.25) is 4.72 Å². The van der Waals surface area contributed by atoms with Gasteiger partial charge in [0.25, 0.3) is 5.13 Å². The quantitative estimate of drug-likeness (QED) is 0.271. The van der Waals surface area contributed by atoms with Crippen molar-refractivity contribution in [3.8, 4) is 0 Å². The molecule has 210 valence electrons. The molecule has 1 aliphatic heterocycles. The normalized spacial score (nSPS) is 16.4. The number of aryl methyl sites for hydroxylation is 1. The molecule has 0 aliphatic carbocycles. The number of fused-ring (bicyclic) bond motifs is 1. The van der Waals surface area contributed by atoms with Crippen molar-refractivity contribution in [3.05, 3.63) is 22.7 Å². The molecule has 15 heteroatoms. The summed E-state index contributed by atoms with van der Waals surface area (Å²) in [6, 6.07) is 3.39. The first-order chi connectivity index (χ1) is 17.7. The molecule has 1 atom stereocenters. The smallest absolute Gasteiger partial charge is 0.404 e. The molecule has 1 unspecified atom stereocenters. The summed E-state index contributed by atoms with van der Waals surface area (Å²) < 4.78 is 70.6. The van der Waals surface area contributed by atoms with Gasteiger partial charge in [0.2, 0.25) is 15.0 Å². The molecule has 1 N–H and O–H groups in total. The lowest BCUT2D eigenvalue weighted by atomic mass is 9.92. The van der Waals surface area contributed by atoms with E-state index in [4.69, 9.17) is 4.74 Å². The number of rotatable bonds is 10. The first-order valence-electron chi connectivity index (χ1n) is 12.1. The molecule has 0 amide bonds. The number of halogens is 3. The average molecular weight is 577 g/mol. The van der Waals surface area contributed by atoms with Crippen LogP contribution in [0, 0.1) is 5.92 Å². The largest absolute Gasteiger partial charge is 0.460 e. The number of carbonyl (C=O) groups is 1. The Morgan fingerprint density at radius 1 is 1.24 bits per heavy atom. The summed E-state index contributed by atoms with van der Waals surface area (Å²) in [5.41, 5.74) is 1.48. The molecule has 1 aliphatic rings. The predicted molar refractivity (Wildman–Crippen MR) is 139 cm³/mol. The van der Waals surface area contributed by atoms with Crippen LogP contribution in [0.5, 0.6) is 0 Å². The van der Waals surface area contributed by atoms with Crippen molar-refractivity contribution in [3.63, 3.8) is 0 Å². The van der Waals surface area contributed by atoms with Gasteiger partial charge < -0.3 is 9.64 Å².